The molecule has 2 aromatic rings. The second-order valence-corrected chi connectivity index (χ2v) is 3.39. The summed E-state index contributed by atoms with van der Waals surface area (Å²) in [5.41, 5.74) is 0.871. The van der Waals surface area contributed by atoms with Crippen LogP contribution in [0.3, 0.4) is 0 Å². The van der Waals surface area contributed by atoms with Gasteiger partial charge in [-0.2, -0.15) is 0 Å². The number of phenols is 1. The molecule has 2 rings (SSSR count). The van der Waals surface area contributed by atoms with Crippen LogP contribution in [0.1, 0.15) is 15.9 Å². The summed E-state index contributed by atoms with van der Waals surface area (Å²) in [5.74, 6) is -1.41. The number of carbonyl (C=O) groups is 1. The average Bonchev–Trinajstić information content (AvgIpc) is 2.65. The van der Waals surface area contributed by atoms with Crippen LogP contribution < -0.4 is 0 Å². The lowest BCUT2D eigenvalue weighted by Gasteiger charge is -2.06. The first kappa shape index (κ1) is 10.3. The Balaban J connectivity index is 2.80. The van der Waals surface area contributed by atoms with Gasteiger partial charge in [0.25, 0.3) is 0 Å². The van der Waals surface area contributed by atoms with E-state index < -0.39 is 5.97 Å². The van der Waals surface area contributed by atoms with Crippen molar-refractivity contribution in [2.45, 2.75) is 6.42 Å². The van der Waals surface area contributed by atoms with E-state index in [1.54, 1.807) is 12.1 Å². The van der Waals surface area contributed by atoms with Crippen molar-refractivity contribution < 1.29 is 19.4 Å². The molecule has 0 aliphatic heterocycles. The van der Waals surface area contributed by atoms with Crippen LogP contribution >= 0.6 is 0 Å². The van der Waals surface area contributed by atoms with Gasteiger partial charge in [-0.3, -0.25) is 0 Å². The molecule has 0 aliphatic carbocycles. The van der Waals surface area contributed by atoms with Crippen molar-refractivity contribution in [2.24, 2.45) is 0 Å². The Hall–Kier alpha value is -2.23. The van der Waals surface area contributed by atoms with Crippen LogP contribution in [-0.4, -0.2) is 16.2 Å². The Morgan fingerprint density at radius 2 is 2.31 bits per heavy atom. The molecule has 0 fully saturated rings. The van der Waals surface area contributed by atoms with E-state index >= 15 is 0 Å². The van der Waals surface area contributed by atoms with Crippen molar-refractivity contribution in [3.8, 4) is 5.75 Å². The molecule has 0 atom stereocenters. The van der Waals surface area contributed by atoms with E-state index in [1.807, 2.05) is 0 Å². The fourth-order valence-electron chi connectivity index (χ4n) is 1.70. The number of furan rings is 1. The molecule has 4 heteroatoms. The zero-order valence-corrected chi connectivity index (χ0v) is 8.43. The molecule has 82 valence electrons. The summed E-state index contributed by atoms with van der Waals surface area (Å²) in [4.78, 5) is 11.1. The summed E-state index contributed by atoms with van der Waals surface area (Å²) < 4.78 is 5.13. The number of allylic oxidation sites excluding steroid dienone is 1. The van der Waals surface area contributed by atoms with Gasteiger partial charge in [-0.1, -0.05) is 6.08 Å². The first-order chi connectivity index (χ1) is 7.65. The molecule has 16 heavy (non-hydrogen) atoms. The molecule has 0 spiro atoms. The Bertz CT molecular complexity index is 566. The Morgan fingerprint density at radius 3 is 2.94 bits per heavy atom. The van der Waals surface area contributed by atoms with E-state index in [0.717, 1.165) is 0 Å². The molecule has 0 radical (unpaired) electrons. The SMILES string of the molecule is C=CCc1cc2occc2c(O)c1C(=O)O. The highest BCUT2D eigenvalue weighted by atomic mass is 16.4. The Kier molecular flexibility index (Phi) is 2.40. The van der Waals surface area contributed by atoms with E-state index in [0.29, 0.717) is 23.0 Å². The van der Waals surface area contributed by atoms with E-state index in [2.05, 4.69) is 6.58 Å². The van der Waals surface area contributed by atoms with E-state index in [4.69, 9.17) is 9.52 Å². The number of fused-ring (bicyclic) bond motifs is 1. The van der Waals surface area contributed by atoms with Crippen molar-refractivity contribution >= 4 is 16.9 Å². The van der Waals surface area contributed by atoms with Gasteiger partial charge in [-0.25, -0.2) is 4.79 Å². The third-order valence-electron chi connectivity index (χ3n) is 2.39. The summed E-state index contributed by atoms with van der Waals surface area (Å²) in [6.45, 7) is 3.55. The minimum Gasteiger partial charge on any atom is -0.506 e. The molecule has 0 bridgehead atoms. The number of hydrogen-bond donors (Lipinski definition) is 2. The maximum absolute atomic E-state index is 11.1. The molecule has 0 saturated carbocycles. The van der Waals surface area contributed by atoms with Gasteiger partial charge in [-0.05, 0) is 24.1 Å². The van der Waals surface area contributed by atoms with Crippen molar-refractivity contribution in [1.82, 2.24) is 0 Å². The van der Waals surface area contributed by atoms with Crippen LogP contribution in [0.5, 0.6) is 5.75 Å². The van der Waals surface area contributed by atoms with Crippen molar-refractivity contribution in [3.05, 3.63) is 42.2 Å². The standard InChI is InChI=1S/C12H10O4/c1-2-3-7-6-9-8(4-5-16-9)11(13)10(7)12(14)15/h2,4-6,13H,1,3H2,(H,14,15). The maximum atomic E-state index is 11.1. The van der Waals surface area contributed by atoms with Crippen molar-refractivity contribution in [3.63, 3.8) is 0 Å². The van der Waals surface area contributed by atoms with Crippen LogP contribution in [0.25, 0.3) is 11.0 Å². The van der Waals surface area contributed by atoms with Gasteiger partial charge in [-0.15, -0.1) is 6.58 Å². The number of aromatic carboxylic acids is 1. The predicted molar refractivity (Wildman–Crippen MR) is 58.7 cm³/mol. The average molecular weight is 218 g/mol. The number of rotatable bonds is 3. The molecule has 1 aromatic heterocycles. The van der Waals surface area contributed by atoms with E-state index in [-0.39, 0.29) is 11.3 Å². The summed E-state index contributed by atoms with van der Waals surface area (Å²) in [7, 11) is 0. The second-order valence-electron chi connectivity index (χ2n) is 3.39. The van der Waals surface area contributed by atoms with Gasteiger partial charge < -0.3 is 14.6 Å². The number of aromatic hydroxyl groups is 1. The van der Waals surface area contributed by atoms with Crippen LogP contribution in [0, 0.1) is 0 Å². The highest BCUT2D eigenvalue weighted by Gasteiger charge is 2.19. The first-order valence-electron chi connectivity index (χ1n) is 4.71. The lowest BCUT2D eigenvalue weighted by molar-refractivity contribution is 0.0693. The molecular weight excluding hydrogens is 208 g/mol. The van der Waals surface area contributed by atoms with Gasteiger partial charge in [0.2, 0.25) is 0 Å². The third-order valence-corrected chi connectivity index (χ3v) is 2.39. The summed E-state index contributed by atoms with van der Waals surface area (Å²) in [6.07, 6.45) is 3.36. The molecule has 1 heterocycles. The molecule has 0 aliphatic rings. The fraction of sp³-hybridized carbons (Fsp3) is 0.0833. The molecule has 4 nitrogen and oxygen atoms in total. The number of carboxylic acids is 1. The van der Waals surface area contributed by atoms with Crippen molar-refractivity contribution in [1.29, 1.82) is 0 Å². The van der Waals surface area contributed by atoms with E-state index in [9.17, 15) is 9.90 Å². The molecule has 0 saturated heterocycles. The minimum atomic E-state index is -1.16. The van der Waals surface area contributed by atoms with Crippen LogP contribution in [0.4, 0.5) is 0 Å². The van der Waals surface area contributed by atoms with Gasteiger partial charge in [0, 0.05) is 0 Å². The summed E-state index contributed by atoms with van der Waals surface area (Å²) >= 11 is 0. The third kappa shape index (κ3) is 1.44. The summed E-state index contributed by atoms with van der Waals surface area (Å²) in [6, 6.07) is 3.15. The normalized spacial score (nSPS) is 10.5. The van der Waals surface area contributed by atoms with Crippen LogP contribution in [-0.2, 0) is 6.42 Å². The van der Waals surface area contributed by atoms with Crippen LogP contribution in [0.2, 0.25) is 0 Å². The first-order valence-corrected chi connectivity index (χ1v) is 4.71. The number of benzene rings is 1. The second kappa shape index (κ2) is 3.73. The van der Waals surface area contributed by atoms with Gasteiger partial charge >= 0.3 is 5.97 Å². The molecular formula is C12H10O4. The number of hydrogen-bond acceptors (Lipinski definition) is 3. The topological polar surface area (TPSA) is 70.7 Å². The fourth-order valence-corrected chi connectivity index (χ4v) is 1.70. The molecule has 2 N–H and O–H groups in total. The lowest BCUT2D eigenvalue weighted by atomic mass is 10.0. The monoisotopic (exact) mass is 218 g/mol. The maximum Gasteiger partial charge on any atom is 0.339 e. The Morgan fingerprint density at radius 1 is 1.56 bits per heavy atom. The summed E-state index contributed by atoms with van der Waals surface area (Å²) in [5, 5.41) is 19.3. The predicted octanol–water partition coefficient (Wildman–Crippen LogP) is 2.57. The molecule has 1 aromatic carbocycles. The molecule has 0 amide bonds. The number of carboxylic acid groups (broad SMARTS) is 1. The Labute approximate surface area is 91.4 Å². The lowest BCUT2D eigenvalue weighted by Crippen LogP contribution is -2.02. The van der Waals surface area contributed by atoms with Gasteiger partial charge in [0.05, 0.1) is 11.6 Å². The van der Waals surface area contributed by atoms with Crippen LogP contribution in [0.15, 0.2) is 35.5 Å². The van der Waals surface area contributed by atoms with Crippen molar-refractivity contribution in [2.75, 3.05) is 0 Å². The van der Waals surface area contributed by atoms with E-state index in [1.165, 1.54) is 12.3 Å². The highest BCUT2D eigenvalue weighted by molar-refractivity contribution is 6.00. The quantitative estimate of drug-likeness (QED) is 0.776. The smallest absolute Gasteiger partial charge is 0.339 e. The molecule has 0 unspecified atom stereocenters. The highest BCUT2D eigenvalue weighted by Crippen LogP contribution is 2.32. The zero-order chi connectivity index (χ0) is 11.7. The van der Waals surface area contributed by atoms with Gasteiger partial charge in [0.1, 0.15) is 16.9 Å². The zero-order valence-electron chi connectivity index (χ0n) is 8.43. The largest absolute Gasteiger partial charge is 0.506 e. The minimum absolute atomic E-state index is 0.0891. The van der Waals surface area contributed by atoms with Gasteiger partial charge in [0.15, 0.2) is 0 Å².